The third kappa shape index (κ3) is 6.29. The van der Waals surface area contributed by atoms with Crippen LogP contribution < -0.4 is 20.1 Å². The van der Waals surface area contributed by atoms with Crippen LogP contribution in [-0.4, -0.2) is 40.8 Å². The summed E-state index contributed by atoms with van der Waals surface area (Å²) in [4.78, 5) is 38.2. The molecule has 1 atom stereocenters. The van der Waals surface area contributed by atoms with Crippen LogP contribution in [0.5, 0.6) is 11.5 Å². The smallest absolute Gasteiger partial charge is 0.434 e. The summed E-state index contributed by atoms with van der Waals surface area (Å²) in [7, 11) is 1.35. The van der Waals surface area contributed by atoms with Gasteiger partial charge in [0.25, 0.3) is 11.8 Å². The van der Waals surface area contributed by atoms with Gasteiger partial charge in [0.2, 0.25) is 6.17 Å². The van der Waals surface area contributed by atoms with Crippen LogP contribution in [0.4, 0.5) is 23.2 Å². The van der Waals surface area contributed by atoms with Crippen LogP contribution in [0.2, 0.25) is 10.0 Å². The molecule has 1 aliphatic heterocycles. The number of para-hydroxylation sites is 1. The molecule has 2 aromatic heterocycles. The van der Waals surface area contributed by atoms with Gasteiger partial charge in [0.05, 0.1) is 35.3 Å². The van der Waals surface area contributed by atoms with E-state index < -0.39 is 53.6 Å². The first-order valence-corrected chi connectivity index (χ1v) is 13.3. The maximum Gasteiger partial charge on any atom is 0.434 e. The number of aliphatic imine (C=N–C) groups is 1. The summed E-state index contributed by atoms with van der Waals surface area (Å²) in [5.41, 5.74) is -1.80. The first-order valence-electron chi connectivity index (χ1n) is 12.6. The van der Waals surface area contributed by atoms with E-state index in [1.807, 2.05) is 0 Å². The molecule has 4 aromatic rings. The molecule has 2 aromatic carbocycles. The summed E-state index contributed by atoms with van der Waals surface area (Å²) >= 11 is 12.6. The number of alkyl halides is 3. The molecule has 2 N–H and O–H groups in total. The first-order chi connectivity index (χ1) is 21.0. The van der Waals surface area contributed by atoms with E-state index in [4.69, 9.17) is 32.7 Å². The van der Waals surface area contributed by atoms with Gasteiger partial charge in [-0.3, -0.25) is 14.6 Å². The molecule has 0 saturated heterocycles. The number of aromatic nitrogens is 2. The number of methoxy groups -OCH3 is 1. The molecular weight excluding hydrogens is 629 g/mol. The van der Waals surface area contributed by atoms with E-state index in [1.165, 1.54) is 43.8 Å². The fourth-order valence-corrected chi connectivity index (χ4v) is 4.93. The number of nitrogens with zero attached hydrogens (tertiary/aromatic N) is 3. The molecular formula is C29H19Cl2F4N5O4. The zero-order valence-corrected chi connectivity index (χ0v) is 23.9. The van der Waals surface area contributed by atoms with Crippen LogP contribution in [0.3, 0.4) is 0 Å². The molecule has 3 heterocycles. The normalized spacial score (nSPS) is 14.6. The van der Waals surface area contributed by atoms with Crippen molar-refractivity contribution in [3.05, 3.63) is 111 Å². The Morgan fingerprint density at radius 3 is 2.59 bits per heavy atom. The molecule has 2 amide bonds. The number of hydrogen-bond donors (Lipinski definition) is 2. The number of fused-ring (bicyclic) bond motifs is 1. The SMILES string of the molecule is COc1cc(Cl)cc(Cl)c1C1=NC(NC(=O)c2c(C(F)(F)F)ncc(F)c2OCc2cccnc2)C(=O)Nc2ccccc21. The molecule has 1 unspecified atom stereocenters. The van der Waals surface area contributed by atoms with E-state index in [0.717, 1.165) is 0 Å². The maximum atomic E-state index is 14.9. The van der Waals surface area contributed by atoms with Gasteiger partial charge in [-0.1, -0.05) is 47.5 Å². The fraction of sp³-hybridized carbons (Fsp3) is 0.138. The van der Waals surface area contributed by atoms with Crippen molar-refractivity contribution in [3.63, 3.8) is 0 Å². The van der Waals surface area contributed by atoms with Crippen molar-refractivity contribution in [2.45, 2.75) is 18.9 Å². The van der Waals surface area contributed by atoms with Crippen LogP contribution in [0, 0.1) is 5.82 Å². The molecule has 226 valence electrons. The second kappa shape index (κ2) is 12.5. The number of pyridine rings is 2. The summed E-state index contributed by atoms with van der Waals surface area (Å²) in [6.45, 7) is -0.428. The van der Waals surface area contributed by atoms with Gasteiger partial charge in [-0.2, -0.15) is 13.2 Å². The minimum Gasteiger partial charge on any atom is -0.496 e. The Morgan fingerprint density at radius 2 is 1.89 bits per heavy atom. The Balaban J connectivity index is 1.61. The number of benzene rings is 2. The van der Waals surface area contributed by atoms with E-state index in [0.29, 0.717) is 11.1 Å². The summed E-state index contributed by atoms with van der Waals surface area (Å²) in [6.07, 6.45) is -3.94. The average Bonchev–Trinajstić information content (AvgIpc) is 3.11. The molecule has 0 radical (unpaired) electrons. The van der Waals surface area contributed by atoms with Gasteiger partial charge >= 0.3 is 6.18 Å². The van der Waals surface area contributed by atoms with Gasteiger partial charge in [0.1, 0.15) is 17.9 Å². The van der Waals surface area contributed by atoms with E-state index in [1.54, 1.807) is 24.3 Å². The lowest BCUT2D eigenvalue weighted by Gasteiger charge is -2.19. The molecule has 0 spiro atoms. The molecule has 5 rings (SSSR count). The lowest BCUT2D eigenvalue weighted by atomic mass is 9.99. The topological polar surface area (TPSA) is 115 Å². The molecule has 0 aliphatic carbocycles. The van der Waals surface area contributed by atoms with Crippen molar-refractivity contribution in [1.29, 1.82) is 0 Å². The van der Waals surface area contributed by atoms with Crippen molar-refractivity contribution in [3.8, 4) is 11.5 Å². The van der Waals surface area contributed by atoms with Crippen LogP contribution in [0.15, 0.2) is 72.1 Å². The number of rotatable bonds is 7. The number of ether oxygens (including phenoxy) is 2. The summed E-state index contributed by atoms with van der Waals surface area (Å²) in [6, 6.07) is 12.3. The van der Waals surface area contributed by atoms with Crippen molar-refractivity contribution >= 4 is 46.4 Å². The number of hydrogen-bond acceptors (Lipinski definition) is 7. The van der Waals surface area contributed by atoms with Gasteiger partial charge in [0.15, 0.2) is 17.3 Å². The highest BCUT2D eigenvalue weighted by molar-refractivity contribution is 6.39. The molecule has 1 aliphatic rings. The number of benzodiazepines with no additional fused rings is 1. The second-order valence-corrected chi connectivity index (χ2v) is 10.0. The Labute approximate surface area is 256 Å². The van der Waals surface area contributed by atoms with Crippen LogP contribution >= 0.6 is 23.2 Å². The third-order valence-electron chi connectivity index (χ3n) is 6.28. The summed E-state index contributed by atoms with van der Waals surface area (Å²) in [5, 5.41) is 5.05. The minimum atomic E-state index is -5.20. The van der Waals surface area contributed by atoms with Crippen LogP contribution in [-0.2, 0) is 17.6 Å². The second-order valence-electron chi connectivity index (χ2n) is 9.16. The summed E-state index contributed by atoms with van der Waals surface area (Å²) < 4.78 is 67.9. The van der Waals surface area contributed by atoms with Crippen LogP contribution in [0.1, 0.15) is 32.7 Å². The predicted octanol–water partition coefficient (Wildman–Crippen LogP) is 6.07. The van der Waals surface area contributed by atoms with E-state index >= 15 is 0 Å². The van der Waals surface area contributed by atoms with E-state index in [9.17, 15) is 27.2 Å². The monoisotopic (exact) mass is 647 g/mol. The Hall–Kier alpha value is -4.75. The Morgan fingerprint density at radius 1 is 1.11 bits per heavy atom. The van der Waals surface area contributed by atoms with Crippen molar-refractivity contribution in [2.24, 2.45) is 4.99 Å². The molecule has 15 heteroatoms. The van der Waals surface area contributed by atoms with Gasteiger partial charge in [0, 0.05) is 28.5 Å². The van der Waals surface area contributed by atoms with Gasteiger partial charge in [-0.15, -0.1) is 0 Å². The fourth-order valence-electron chi connectivity index (χ4n) is 4.37. The average molecular weight is 648 g/mol. The molecule has 0 bridgehead atoms. The number of nitrogens with one attached hydrogen (secondary N) is 2. The Bertz CT molecular complexity index is 1790. The molecule has 0 saturated carbocycles. The van der Waals surface area contributed by atoms with Gasteiger partial charge in [-0.25, -0.2) is 14.4 Å². The number of amides is 2. The number of anilines is 1. The first kappa shape index (κ1) is 30.7. The zero-order chi connectivity index (χ0) is 31.6. The number of carbonyl (C=O) groups excluding carboxylic acids is 2. The highest BCUT2D eigenvalue weighted by atomic mass is 35.5. The highest BCUT2D eigenvalue weighted by Gasteiger charge is 2.41. The van der Waals surface area contributed by atoms with Gasteiger partial charge < -0.3 is 20.1 Å². The van der Waals surface area contributed by atoms with Crippen LogP contribution in [0.25, 0.3) is 0 Å². The molecule has 0 fully saturated rings. The Kier molecular flexibility index (Phi) is 8.70. The quantitative estimate of drug-likeness (QED) is 0.235. The largest absolute Gasteiger partial charge is 0.496 e. The summed E-state index contributed by atoms with van der Waals surface area (Å²) in [5.74, 6) is -4.66. The van der Waals surface area contributed by atoms with Gasteiger partial charge in [-0.05, 0) is 24.3 Å². The lowest BCUT2D eigenvalue weighted by molar-refractivity contribution is -0.141. The van der Waals surface area contributed by atoms with Crippen molar-refractivity contribution in [2.75, 3.05) is 12.4 Å². The standard InChI is InChI=1S/C29H19Cl2F4N5O4/c1-43-20-10-15(30)9-17(31)21(20)23-16-6-2-3-7-19(16)38-28(42)26(39-23)40-27(41)22-24(44-13-14-5-4-8-36-11-14)18(32)12-37-25(22)29(33,34)35/h2-12,26H,13H2,1H3,(H,38,42)(H,40,41). The lowest BCUT2D eigenvalue weighted by Crippen LogP contribution is -2.43. The third-order valence-corrected chi connectivity index (χ3v) is 6.80. The number of halogens is 6. The number of carbonyl (C=O) groups is 2. The maximum absolute atomic E-state index is 14.9. The van der Waals surface area contributed by atoms with Crippen molar-refractivity contribution in [1.82, 2.24) is 15.3 Å². The minimum absolute atomic E-state index is 0.0456. The van der Waals surface area contributed by atoms with E-state index in [2.05, 4.69) is 25.6 Å². The van der Waals surface area contributed by atoms with Crippen molar-refractivity contribution < 1.29 is 36.6 Å². The zero-order valence-electron chi connectivity index (χ0n) is 22.4. The highest BCUT2D eigenvalue weighted by Crippen LogP contribution is 2.38. The predicted molar refractivity (Wildman–Crippen MR) is 153 cm³/mol. The molecule has 9 nitrogen and oxygen atoms in total. The molecule has 44 heavy (non-hydrogen) atoms. The van der Waals surface area contributed by atoms with E-state index in [-0.39, 0.29) is 39.0 Å².